The number of nitrogens with one attached hydrogen (secondary N) is 1. The normalized spacial score (nSPS) is 11.3. The molecule has 0 aromatic heterocycles. The Bertz CT molecular complexity index is 420. The van der Waals surface area contributed by atoms with Crippen LogP contribution in [0.1, 0.15) is 37.0 Å². The quantitative estimate of drug-likeness (QED) is 0.573. The third-order valence-corrected chi connectivity index (χ3v) is 3.39. The first-order chi connectivity index (χ1) is 8.48. The number of rotatable bonds is 6. The van der Waals surface area contributed by atoms with E-state index in [2.05, 4.69) is 5.32 Å². The maximum atomic E-state index is 11.1. The molecule has 1 aromatic rings. The van der Waals surface area contributed by atoms with Gasteiger partial charge in [-0.15, -0.1) is 0 Å². The van der Waals surface area contributed by atoms with Crippen molar-refractivity contribution in [2.24, 2.45) is 5.73 Å². The molecule has 0 unspecified atom stereocenters. The van der Waals surface area contributed by atoms with Crippen LogP contribution in [0.25, 0.3) is 0 Å². The molecule has 1 rings (SSSR count). The molecule has 0 spiro atoms. The summed E-state index contributed by atoms with van der Waals surface area (Å²) in [5.41, 5.74) is 12.2. The molecule has 1 amide bonds. The van der Waals surface area contributed by atoms with Crippen LogP contribution in [-0.4, -0.2) is 23.2 Å². The number of aliphatic hydroxyl groups is 1. The number of nitrogens with two attached hydrogens (primary N) is 2. The molecule has 1 aromatic carbocycles. The van der Waals surface area contributed by atoms with Crippen LogP contribution in [-0.2, 0) is 0 Å². The predicted octanol–water partition coefficient (Wildman–Crippen LogP) is 1.33. The van der Waals surface area contributed by atoms with Crippen molar-refractivity contribution in [3.05, 3.63) is 23.8 Å². The largest absolute Gasteiger partial charge is 0.397 e. The van der Waals surface area contributed by atoms with Gasteiger partial charge in [-0.25, -0.2) is 0 Å². The number of carbonyl (C=O) groups excluding carboxylic acids is 1. The van der Waals surface area contributed by atoms with Crippen molar-refractivity contribution in [1.29, 1.82) is 0 Å². The molecule has 5 heteroatoms. The van der Waals surface area contributed by atoms with Gasteiger partial charge in [-0.1, -0.05) is 13.8 Å². The summed E-state index contributed by atoms with van der Waals surface area (Å²) in [4.78, 5) is 11.1. The second-order valence-corrected chi connectivity index (χ2v) is 4.44. The highest BCUT2D eigenvalue weighted by molar-refractivity contribution is 5.95. The first kappa shape index (κ1) is 14.3. The molecule has 0 atom stereocenters. The molecular formula is C13H21N3O2. The fourth-order valence-electron chi connectivity index (χ4n) is 1.79. The van der Waals surface area contributed by atoms with E-state index in [9.17, 15) is 9.90 Å². The Labute approximate surface area is 107 Å². The van der Waals surface area contributed by atoms with Gasteiger partial charge < -0.3 is 21.9 Å². The summed E-state index contributed by atoms with van der Waals surface area (Å²) < 4.78 is 0. The summed E-state index contributed by atoms with van der Waals surface area (Å²) in [7, 11) is 0. The predicted molar refractivity (Wildman–Crippen MR) is 73.4 cm³/mol. The number of carbonyl (C=O) groups is 1. The Hall–Kier alpha value is -1.75. The Morgan fingerprint density at radius 2 is 2.00 bits per heavy atom. The molecule has 6 N–H and O–H groups in total. The van der Waals surface area contributed by atoms with E-state index in [1.807, 2.05) is 13.8 Å². The number of hydrogen-bond acceptors (Lipinski definition) is 4. The zero-order valence-corrected chi connectivity index (χ0v) is 10.9. The maximum absolute atomic E-state index is 11.1. The lowest BCUT2D eigenvalue weighted by Crippen LogP contribution is -2.41. The Kier molecular flexibility index (Phi) is 4.55. The molecule has 0 bridgehead atoms. The Balaban J connectivity index is 3.09. The van der Waals surface area contributed by atoms with Crippen LogP contribution in [0.2, 0.25) is 0 Å². The smallest absolute Gasteiger partial charge is 0.248 e. The Morgan fingerprint density at radius 3 is 2.44 bits per heavy atom. The fourth-order valence-corrected chi connectivity index (χ4v) is 1.79. The van der Waals surface area contributed by atoms with Gasteiger partial charge in [0.25, 0.3) is 0 Å². The van der Waals surface area contributed by atoms with Crippen LogP contribution in [0.4, 0.5) is 11.4 Å². The monoisotopic (exact) mass is 251 g/mol. The fraction of sp³-hybridized carbons (Fsp3) is 0.462. The molecule has 0 aliphatic heterocycles. The minimum absolute atomic E-state index is 0.000237. The van der Waals surface area contributed by atoms with Crippen LogP contribution in [0, 0.1) is 0 Å². The molecule has 18 heavy (non-hydrogen) atoms. The number of benzene rings is 1. The number of primary amides is 1. The van der Waals surface area contributed by atoms with Gasteiger partial charge in [-0.3, -0.25) is 4.79 Å². The van der Waals surface area contributed by atoms with E-state index in [0.29, 0.717) is 16.9 Å². The first-order valence-corrected chi connectivity index (χ1v) is 6.06. The van der Waals surface area contributed by atoms with Gasteiger partial charge >= 0.3 is 0 Å². The van der Waals surface area contributed by atoms with Gasteiger partial charge in [0.2, 0.25) is 5.91 Å². The minimum Gasteiger partial charge on any atom is -0.397 e. The lowest BCUT2D eigenvalue weighted by molar-refractivity contribution is 0.100. The van der Waals surface area contributed by atoms with Gasteiger partial charge in [-0.2, -0.15) is 0 Å². The average Bonchev–Trinajstić information content (AvgIpc) is 2.38. The molecule has 0 saturated heterocycles. The number of nitrogen functional groups attached to an aromatic ring is 1. The number of anilines is 2. The summed E-state index contributed by atoms with van der Waals surface area (Å²) in [6.45, 7) is 3.97. The van der Waals surface area contributed by atoms with Gasteiger partial charge in [-0.05, 0) is 31.0 Å². The van der Waals surface area contributed by atoms with E-state index in [1.165, 1.54) is 0 Å². The molecule has 0 radical (unpaired) electrons. The van der Waals surface area contributed by atoms with Crippen LogP contribution < -0.4 is 16.8 Å². The van der Waals surface area contributed by atoms with Crippen molar-refractivity contribution < 1.29 is 9.90 Å². The van der Waals surface area contributed by atoms with Crippen molar-refractivity contribution >= 4 is 17.3 Å². The van der Waals surface area contributed by atoms with Crippen LogP contribution in [0.15, 0.2) is 18.2 Å². The number of amides is 1. The molecule has 0 heterocycles. The Morgan fingerprint density at radius 1 is 1.39 bits per heavy atom. The van der Waals surface area contributed by atoms with Gasteiger partial charge in [0, 0.05) is 5.56 Å². The third-order valence-electron chi connectivity index (χ3n) is 3.39. The second kappa shape index (κ2) is 5.73. The third kappa shape index (κ3) is 2.92. The molecular weight excluding hydrogens is 230 g/mol. The van der Waals surface area contributed by atoms with Crippen molar-refractivity contribution in [1.82, 2.24) is 0 Å². The van der Waals surface area contributed by atoms with Crippen molar-refractivity contribution in [2.75, 3.05) is 17.7 Å². The minimum atomic E-state index is -0.499. The van der Waals surface area contributed by atoms with Crippen molar-refractivity contribution in [3.8, 4) is 0 Å². The zero-order valence-electron chi connectivity index (χ0n) is 10.9. The molecule has 0 fully saturated rings. The summed E-state index contributed by atoms with van der Waals surface area (Å²) in [5, 5.41) is 12.7. The van der Waals surface area contributed by atoms with Gasteiger partial charge in [0.1, 0.15) is 0 Å². The highest BCUT2D eigenvalue weighted by Gasteiger charge is 2.25. The van der Waals surface area contributed by atoms with Crippen LogP contribution in [0.5, 0.6) is 0 Å². The maximum Gasteiger partial charge on any atom is 0.248 e. The molecule has 0 aliphatic carbocycles. The van der Waals surface area contributed by atoms with Gasteiger partial charge in [0.05, 0.1) is 23.5 Å². The molecule has 0 saturated carbocycles. The van der Waals surface area contributed by atoms with E-state index >= 15 is 0 Å². The first-order valence-electron chi connectivity index (χ1n) is 6.06. The number of aliphatic hydroxyl groups excluding tert-OH is 1. The molecule has 0 aliphatic rings. The van der Waals surface area contributed by atoms with E-state index in [4.69, 9.17) is 11.5 Å². The highest BCUT2D eigenvalue weighted by atomic mass is 16.3. The van der Waals surface area contributed by atoms with E-state index in [-0.39, 0.29) is 6.61 Å². The van der Waals surface area contributed by atoms with E-state index in [1.54, 1.807) is 18.2 Å². The zero-order chi connectivity index (χ0) is 13.8. The standard InChI is InChI=1S/C13H21N3O2/c1-3-13(4-2,8-17)16-11-7-9(12(15)18)5-6-10(11)14/h5-7,16-17H,3-4,8,14H2,1-2H3,(H2,15,18). The SMILES string of the molecule is CCC(CC)(CO)Nc1cc(C(N)=O)ccc1N. The van der Waals surface area contributed by atoms with E-state index < -0.39 is 11.4 Å². The highest BCUT2D eigenvalue weighted by Crippen LogP contribution is 2.27. The number of hydrogen-bond donors (Lipinski definition) is 4. The lowest BCUT2D eigenvalue weighted by atomic mass is 9.93. The lowest BCUT2D eigenvalue weighted by Gasteiger charge is -2.32. The van der Waals surface area contributed by atoms with Crippen LogP contribution in [0.3, 0.4) is 0 Å². The summed E-state index contributed by atoms with van der Waals surface area (Å²) in [5.74, 6) is -0.499. The summed E-state index contributed by atoms with van der Waals surface area (Å²) in [6, 6.07) is 4.84. The van der Waals surface area contributed by atoms with Crippen LogP contribution >= 0.6 is 0 Å². The second-order valence-electron chi connectivity index (χ2n) is 4.44. The van der Waals surface area contributed by atoms with Gasteiger partial charge in [0.15, 0.2) is 0 Å². The molecule has 100 valence electrons. The summed E-state index contributed by atoms with van der Waals surface area (Å²) >= 11 is 0. The average molecular weight is 251 g/mol. The summed E-state index contributed by atoms with van der Waals surface area (Å²) in [6.07, 6.45) is 1.50. The topological polar surface area (TPSA) is 101 Å². The van der Waals surface area contributed by atoms with E-state index in [0.717, 1.165) is 12.8 Å². The van der Waals surface area contributed by atoms with Crippen molar-refractivity contribution in [2.45, 2.75) is 32.2 Å². The molecule has 5 nitrogen and oxygen atoms in total. The van der Waals surface area contributed by atoms with Crippen molar-refractivity contribution in [3.63, 3.8) is 0 Å².